The fourth-order valence-electron chi connectivity index (χ4n) is 8.31. The van der Waals surface area contributed by atoms with Crippen molar-refractivity contribution in [2.45, 2.75) is 166 Å². The molecule has 0 bridgehead atoms. The van der Waals surface area contributed by atoms with E-state index in [0.29, 0.717) is 32.1 Å². The molecule has 4 fully saturated rings. The second-order valence-corrected chi connectivity index (χ2v) is 20.5. The van der Waals surface area contributed by atoms with Crippen LogP contribution in [0, 0.1) is 23.2 Å². The van der Waals surface area contributed by atoms with Gasteiger partial charge in [-0.05, 0) is 82.0 Å². The Morgan fingerprint density at radius 1 is 0.943 bits per heavy atom. The van der Waals surface area contributed by atoms with Gasteiger partial charge < -0.3 is 26.2 Å². The molecule has 13 heteroatoms. The van der Waals surface area contributed by atoms with Crippen molar-refractivity contribution in [2.75, 3.05) is 18.8 Å². The van der Waals surface area contributed by atoms with E-state index in [9.17, 15) is 32.4 Å². The average Bonchev–Trinajstić information content (AvgIpc) is 3.94. The Morgan fingerprint density at radius 2 is 1.57 bits per heavy atom. The molecule has 4 rings (SSSR count). The van der Waals surface area contributed by atoms with Gasteiger partial charge in [-0.1, -0.05) is 85.1 Å². The van der Waals surface area contributed by atoms with Crippen LogP contribution < -0.4 is 21.3 Å². The molecule has 0 aromatic carbocycles. The number of carbonyl (C=O) groups is 5. The van der Waals surface area contributed by atoms with Crippen molar-refractivity contribution in [3.63, 3.8) is 0 Å². The van der Waals surface area contributed by atoms with E-state index in [1.54, 1.807) is 18.7 Å². The van der Waals surface area contributed by atoms with E-state index in [-0.39, 0.29) is 47.9 Å². The first-order chi connectivity index (χ1) is 24.8. The number of nitrogens with one attached hydrogen (secondary N) is 4. The predicted octanol–water partition coefficient (Wildman–Crippen LogP) is 4.96. The van der Waals surface area contributed by atoms with E-state index in [1.165, 1.54) is 6.08 Å². The molecule has 1 heterocycles. The molecule has 4 atom stereocenters. The zero-order valence-corrected chi connectivity index (χ0v) is 34.0. The molecule has 1 aliphatic heterocycles. The zero-order valence-electron chi connectivity index (χ0n) is 33.2. The van der Waals surface area contributed by atoms with Crippen molar-refractivity contribution in [3.05, 3.63) is 12.7 Å². The lowest BCUT2D eigenvalue weighted by molar-refractivity contribution is -0.151. The number of hydrogen-bond donors (Lipinski definition) is 4. The Bertz CT molecular complexity index is 1460. The van der Waals surface area contributed by atoms with E-state index in [1.807, 2.05) is 6.92 Å². The molecule has 4 N–H and O–H groups in total. The van der Waals surface area contributed by atoms with Crippen LogP contribution in [0.2, 0.25) is 0 Å². The van der Waals surface area contributed by atoms with Gasteiger partial charge in [-0.15, -0.1) is 6.58 Å². The molecule has 12 nitrogen and oxygen atoms in total. The van der Waals surface area contributed by atoms with E-state index in [0.717, 1.165) is 64.2 Å². The Labute approximate surface area is 318 Å². The van der Waals surface area contributed by atoms with E-state index >= 15 is 0 Å². The molecular formula is C40H67N5O7S. The van der Waals surface area contributed by atoms with Crippen molar-refractivity contribution >= 4 is 39.4 Å². The third-order valence-corrected chi connectivity index (χ3v) is 15.9. The van der Waals surface area contributed by atoms with Crippen LogP contribution in [0.5, 0.6) is 0 Å². The highest BCUT2D eigenvalue weighted by atomic mass is 32.2. The topological polar surface area (TPSA) is 171 Å². The molecule has 3 saturated carbocycles. The normalized spacial score (nSPS) is 24.6. The summed E-state index contributed by atoms with van der Waals surface area (Å²) in [5.41, 5.74) is -1.26. The maximum atomic E-state index is 14.9. The highest BCUT2D eigenvalue weighted by Crippen LogP contribution is 2.40. The summed E-state index contributed by atoms with van der Waals surface area (Å²) in [5.74, 6) is -2.37. The van der Waals surface area contributed by atoms with Gasteiger partial charge in [0.2, 0.25) is 17.6 Å². The van der Waals surface area contributed by atoms with Crippen LogP contribution in [-0.4, -0.2) is 90.1 Å². The zero-order chi connectivity index (χ0) is 39.2. The number of carbonyl (C=O) groups excluding carboxylic acids is 5. The average molecular weight is 762 g/mol. The molecule has 2 unspecified atom stereocenters. The smallest absolute Gasteiger partial charge is 0.315 e. The van der Waals surface area contributed by atoms with E-state index in [2.05, 4.69) is 48.6 Å². The Hall–Kier alpha value is -2.96. The van der Waals surface area contributed by atoms with Crippen LogP contribution in [0.25, 0.3) is 0 Å². The molecule has 4 aliphatic rings. The van der Waals surface area contributed by atoms with Gasteiger partial charge in [0.25, 0.3) is 5.91 Å². The molecule has 0 aromatic rings. The number of sulfone groups is 1. The van der Waals surface area contributed by atoms with Gasteiger partial charge in [-0.3, -0.25) is 19.2 Å². The van der Waals surface area contributed by atoms with Crippen molar-refractivity contribution in [2.24, 2.45) is 23.2 Å². The Kier molecular flexibility index (Phi) is 14.3. The molecule has 3 aliphatic carbocycles. The summed E-state index contributed by atoms with van der Waals surface area (Å²) in [6.45, 7) is 15.5. The van der Waals surface area contributed by atoms with E-state index < -0.39 is 61.9 Å². The van der Waals surface area contributed by atoms with Gasteiger partial charge in [0.05, 0.1) is 22.1 Å². The quantitative estimate of drug-likeness (QED) is 0.127. The molecule has 1 saturated heterocycles. The van der Waals surface area contributed by atoms with Gasteiger partial charge in [0, 0.05) is 13.1 Å². The van der Waals surface area contributed by atoms with Gasteiger partial charge in [0.1, 0.15) is 12.1 Å². The van der Waals surface area contributed by atoms with Crippen LogP contribution in [0.4, 0.5) is 4.79 Å². The van der Waals surface area contributed by atoms with E-state index in [4.69, 9.17) is 0 Å². The molecule has 5 amide bonds. The van der Waals surface area contributed by atoms with Crippen LogP contribution in [0.15, 0.2) is 12.7 Å². The lowest BCUT2D eigenvalue weighted by Gasteiger charge is -2.48. The largest absolute Gasteiger partial charge is 0.346 e. The number of Topliss-reactive ketones (excluding diaryl/α,β-unsaturated/α-hetero) is 1. The Balaban J connectivity index is 1.61. The first-order valence-electron chi connectivity index (χ1n) is 20.2. The van der Waals surface area contributed by atoms with Crippen LogP contribution in [-0.2, 0) is 29.0 Å². The van der Waals surface area contributed by atoms with Crippen molar-refractivity contribution in [3.8, 4) is 0 Å². The summed E-state index contributed by atoms with van der Waals surface area (Å²) in [6, 6.07) is -3.41. The Morgan fingerprint density at radius 3 is 2.15 bits per heavy atom. The molecule has 53 heavy (non-hydrogen) atoms. The third-order valence-electron chi connectivity index (χ3n) is 13.0. The first kappa shape index (κ1) is 42.8. The lowest BCUT2D eigenvalue weighted by Crippen LogP contribution is -2.65. The number of urea groups is 1. The monoisotopic (exact) mass is 761 g/mol. The van der Waals surface area contributed by atoms with Crippen LogP contribution in [0.1, 0.15) is 138 Å². The number of amides is 5. The minimum absolute atomic E-state index is 0.0301. The molecule has 300 valence electrons. The van der Waals surface area contributed by atoms with Crippen LogP contribution in [0.3, 0.4) is 0 Å². The third kappa shape index (κ3) is 10.8. The fourth-order valence-corrected chi connectivity index (χ4v) is 10.2. The summed E-state index contributed by atoms with van der Waals surface area (Å²) in [7, 11) is -3.58. The number of likely N-dealkylation sites (tertiary alicyclic amines) is 1. The lowest BCUT2D eigenvalue weighted by atomic mass is 9.71. The van der Waals surface area contributed by atoms with Crippen molar-refractivity contribution < 1.29 is 32.4 Å². The fraction of sp³-hybridized carbons (Fsp3) is 0.825. The summed E-state index contributed by atoms with van der Waals surface area (Å²) in [6.07, 6.45) is 12.5. The van der Waals surface area contributed by atoms with Gasteiger partial charge >= 0.3 is 6.03 Å². The number of hydrogen-bond acceptors (Lipinski definition) is 7. The number of piperidine rings is 1. The molecule has 0 radical (unpaired) electrons. The first-order valence-corrected chi connectivity index (χ1v) is 21.9. The van der Waals surface area contributed by atoms with Gasteiger partial charge in [-0.25, -0.2) is 13.2 Å². The highest BCUT2D eigenvalue weighted by Gasteiger charge is 2.48. The van der Waals surface area contributed by atoms with Crippen LogP contribution >= 0.6 is 0 Å². The molecule has 0 spiro atoms. The summed E-state index contributed by atoms with van der Waals surface area (Å²) in [4.78, 5) is 70.8. The number of rotatable bonds is 16. The summed E-state index contributed by atoms with van der Waals surface area (Å²) < 4.78 is 26.4. The van der Waals surface area contributed by atoms with Gasteiger partial charge in [0.15, 0.2) is 9.84 Å². The molecular weight excluding hydrogens is 695 g/mol. The van der Waals surface area contributed by atoms with Crippen molar-refractivity contribution in [1.29, 1.82) is 0 Å². The predicted molar refractivity (Wildman–Crippen MR) is 207 cm³/mol. The summed E-state index contributed by atoms with van der Waals surface area (Å²) >= 11 is 0. The second-order valence-electron chi connectivity index (χ2n) is 17.9. The van der Waals surface area contributed by atoms with Gasteiger partial charge in [-0.2, -0.15) is 0 Å². The highest BCUT2D eigenvalue weighted by molar-refractivity contribution is 7.92. The SMILES string of the molecule is C=CCNC(=O)C(=O)C(CC1CC1)NC(=O)[C@@H]1CC(C)(C)C(C)CN1C(=O)[C@@H](NC(=O)NC1(CS(=O)(=O)C(C)(C)CC)CCCCC1)C1CCCCC1. The second kappa shape index (κ2) is 17.7. The maximum Gasteiger partial charge on any atom is 0.315 e. The standard InChI is InChI=1S/C40H67N5O7S/c1-8-22-41-35(48)33(46)30(23-28-18-19-28)42-34(47)31-24-38(4,5)27(3)25-45(31)36(49)32(29-16-12-10-13-17-29)43-37(50)44-40(20-14-11-15-21-40)26-53(51,52)39(6,7)9-2/h8,27-32H,1,9-26H2,2-7H3,(H,41,48)(H,42,47)(H2,43,44,50)/t27?,30?,31-,32-/m0/s1. The minimum atomic E-state index is -3.58. The maximum absolute atomic E-state index is 14.9. The number of ketones is 1. The summed E-state index contributed by atoms with van der Waals surface area (Å²) in [5, 5.41) is 11.5. The minimum Gasteiger partial charge on any atom is -0.346 e. The number of nitrogens with zero attached hydrogens (tertiary/aromatic N) is 1. The molecule has 0 aromatic heterocycles. The van der Waals surface area contributed by atoms with Crippen molar-refractivity contribution in [1.82, 2.24) is 26.2 Å².